The molecule has 0 bridgehead atoms. The van der Waals surface area contributed by atoms with Crippen LogP contribution in [0.25, 0.3) is 21.8 Å². The number of aromatic nitrogens is 2. The Morgan fingerprint density at radius 3 is 2.70 bits per heavy atom. The zero-order valence-electron chi connectivity index (χ0n) is 10.9. The lowest BCUT2D eigenvalue weighted by atomic mass is 9.66. The highest BCUT2D eigenvalue weighted by molar-refractivity contribution is 6.08. The lowest BCUT2D eigenvalue weighted by molar-refractivity contribution is -0.147. The fraction of sp³-hybridized carbons (Fsp3) is 0.250. The summed E-state index contributed by atoms with van der Waals surface area (Å²) in [4.78, 5) is 19.5. The summed E-state index contributed by atoms with van der Waals surface area (Å²) in [5.41, 5.74) is 1.78. The Bertz CT molecular complexity index is 831. The number of nitrogens with zero attached hydrogens (tertiary/aromatic N) is 1. The highest BCUT2D eigenvalue weighted by Gasteiger charge is 2.48. The number of para-hydroxylation sites is 1. The molecule has 0 saturated heterocycles. The number of nitrogens with one attached hydrogen (secondary N) is 1. The smallest absolute Gasteiger partial charge is 0.315 e. The fourth-order valence-corrected chi connectivity index (χ4v) is 3.22. The SMILES string of the molecule is O=C(O)C1(c2nccc3c2[nH]c2ccccc23)CCC1. The van der Waals surface area contributed by atoms with Gasteiger partial charge in [-0.25, -0.2) is 0 Å². The van der Waals surface area contributed by atoms with E-state index in [1.54, 1.807) is 6.20 Å². The average Bonchev–Trinajstić information content (AvgIpc) is 2.76. The number of pyridine rings is 1. The molecule has 3 aromatic rings. The number of carbonyl (C=O) groups is 1. The Labute approximate surface area is 115 Å². The van der Waals surface area contributed by atoms with Crippen molar-refractivity contribution in [1.29, 1.82) is 0 Å². The second kappa shape index (κ2) is 3.82. The number of hydrogen-bond donors (Lipinski definition) is 2. The first kappa shape index (κ1) is 11.5. The van der Waals surface area contributed by atoms with Gasteiger partial charge in [-0.3, -0.25) is 9.78 Å². The normalized spacial score (nSPS) is 17.2. The number of carboxylic acids is 1. The van der Waals surface area contributed by atoms with Gasteiger partial charge >= 0.3 is 5.97 Å². The van der Waals surface area contributed by atoms with Crippen LogP contribution in [0.1, 0.15) is 25.0 Å². The van der Waals surface area contributed by atoms with Crippen molar-refractivity contribution in [3.63, 3.8) is 0 Å². The monoisotopic (exact) mass is 266 g/mol. The Morgan fingerprint density at radius 2 is 2.00 bits per heavy atom. The van der Waals surface area contributed by atoms with Gasteiger partial charge < -0.3 is 10.1 Å². The summed E-state index contributed by atoms with van der Waals surface area (Å²) in [5, 5.41) is 11.8. The van der Waals surface area contributed by atoms with Crippen LogP contribution in [0.5, 0.6) is 0 Å². The van der Waals surface area contributed by atoms with Gasteiger partial charge in [-0.2, -0.15) is 0 Å². The Kier molecular flexibility index (Phi) is 2.19. The van der Waals surface area contributed by atoms with Gasteiger partial charge in [0.15, 0.2) is 0 Å². The number of carboxylic acid groups (broad SMARTS) is 1. The number of aromatic amines is 1. The van der Waals surface area contributed by atoms with Gasteiger partial charge in [-0.15, -0.1) is 0 Å². The molecule has 1 fully saturated rings. The molecule has 20 heavy (non-hydrogen) atoms. The summed E-state index contributed by atoms with van der Waals surface area (Å²) >= 11 is 0. The minimum Gasteiger partial charge on any atom is -0.481 e. The number of benzene rings is 1. The molecule has 4 nitrogen and oxygen atoms in total. The third-order valence-corrected chi connectivity index (χ3v) is 4.50. The molecule has 1 aromatic carbocycles. The third-order valence-electron chi connectivity index (χ3n) is 4.50. The summed E-state index contributed by atoms with van der Waals surface area (Å²) in [6, 6.07) is 9.97. The molecule has 0 radical (unpaired) electrons. The zero-order chi connectivity index (χ0) is 13.7. The maximum absolute atomic E-state index is 11.7. The Balaban J connectivity index is 2.08. The van der Waals surface area contributed by atoms with Gasteiger partial charge in [0.05, 0.1) is 11.2 Å². The molecule has 0 unspecified atom stereocenters. The van der Waals surface area contributed by atoms with Gasteiger partial charge in [-0.1, -0.05) is 24.6 Å². The Hall–Kier alpha value is -2.36. The lowest BCUT2D eigenvalue weighted by Gasteiger charge is -2.37. The molecular formula is C16H14N2O2. The molecule has 100 valence electrons. The number of hydrogen-bond acceptors (Lipinski definition) is 2. The van der Waals surface area contributed by atoms with E-state index in [1.165, 1.54) is 0 Å². The van der Waals surface area contributed by atoms with E-state index in [0.717, 1.165) is 28.2 Å². The van der Waals surface area contributed by atoms with Crippen LogP contribution in [0.15, 0.2) is 36.5 Å². The van der Waals surface area contributed by atoms with Crippen molar-refractivity contribution in [2.45, 2.75) is 24.7 Å². The first-order chi connectivity index (χ1) is 9.72. The minimum atomic E-state index is -0.805. The van der Waals surface area contributed by atoms with Gasteiger partial charge in [0, 0.05) is 22.5 Å². The molecule has 0 aliphatic heterocycles. The van der Waals surface area contributed by atoms with E-state index in [2.05, 4.69) is 9.97 Å². The predicted octanol–water partition coefficient (Wildman–Crippen LogP) is 3.22. The van der Waals surface area contributed by atoms with Crippen LogP contribution in [0.2, 0.25) is 0 Å². The van der Waals surface area contributed by atoms with E-state index >= 15 is 0 Å². The van der Waals surface area contributed by atoms with Crippen molar-refractivity contribution in [1.82, 2.24) is 9.97 Å². The van der Waals surface area contributed by atoms with Crippen LogP contribution in [-0.2, 0) is 10.2 Å². The quantitative estimate of drug-likeness (QED) is 0.748. The van der Waals surface area contributed by atoms with Crippen LogP contribution < -0.4 is 0 Å². The summed E-state index contributed by atoms with van der Waals surface area (Å²) < 4.78 is 0. The molecular weight excluding hydrogens is 252 g/mol. The third kappa shape index (κ3) is 1.31. The number of H-pyrrole nitrogens is 1. The van der Waals surface area contributed by atoms with Crippen LogP contribution in [0, 0.1) is 0 Å². The van der Waals surface area contributed by atoms with Crippen LogP contribution in [0.4, 0.5) is 0 Å². The van der Waals surface area contributed by atoms with E-state index in [9.17, 15) is 9.90 Å². The maximum atomic E-state index is 11.7. The Morgan fingerprint density at radius 1 is 1.20 bits per heavy atom. The zero-order valence-corrected chi connectivity index (χ0v) is 10.9. The molecule has 2 N–H and O–H groups in total. The van der Waals surface area contributed by atoms with Crippen molar-refractivity contribution >= 4 is 27.8 Å². The molecule has 4 heteroatoms. The van der Waals surface area contributed by atoms with Crippen molar-refractivity contribution < 1.29 is 9.90 Å². The number of rotatable bonds is 2. The maximum Gasteiger partial charge on any atom is 0.315 e. The van der Waals surface area contributed by atoms with E-state index in [-0.39, 0.29) is 0 Å². The summed E-state index contributed by atoms with van der Waals surface area (Å²) in [5.74, 6) is -0.762. The van der Waals surface area contributed by atoms with E-state index < -0.39 is 11.4 Å². The van der Waals surface area contributed by atoms with E-state index in [0.29, 0.717) is 18.5 Å². The molecule has 1 saturated carbocycles. The van der Waals surface area contributed by atoms with Crippen LogP contribution in [0.3, 0.4) is 0 Å². The second-order valence-electron chi connectivity index (χ2n) is 5.49. The standard InChI is InChI=1S/C16H14N2O2/c19-15(20)16(7-3-8-16)14-13-11(6-9-17-14)10-4-1-2-5-12(10)18-13/h1-2,4-6,9,18H,3,7-8H2,(H,19,20). The minimum absolute atomic E-state index is 0.670. The van der Waals surface area contributed by atoms with Gasteiger partial charge in [0.1, 0.15) is 5.41 Å². The topological polar surface area (TPSA) is 66.0 Å². The summed E-state index contributed by atoms with van der Waals surface area (Å²) in [6.45, 7) is 0. The van der Waals surface area contributed by atoms with Crippen molar-refractivity contribution in [3.05, 3.63) is 42.2 Å². The molecule has 1 aliphatic rings. The predicted molar refractivity (Wildman–Crippen MR) is 76.8 cm³/mol. The lowest BCUT2D eigenvalue weighted by Crippen LogP contribution is -2.43. The van der Waals surface area contributed by atoms with Gasteiger partial charge in [-0.05, 0) is 25.0 Å². The average molecular weight is 266 g/mol. The van der Waals surface area contributed by atoms with Gasteiger partial charge in [0.25, 0.3) is 0 Å². The molecule has 4 rings (SSSR count). The highest BCUT2D eigenvalue weighted by atomic mass is 16.4. The molecule has 1 aliphatic carbocycles. The molecule has 0 spiro atoms. The van der Waals surface area contributed by atoms with E-state index in [1.807, 2.05) is 30.3 Å². The van der Waals surface area contributed by atoms with Crippen molar-refractivity contribution in [2.24, 2.45) is 0 Å². The molecule has 0 amide bonds. The fourth-order valence-electron chi connectivity index (χ4n) is 3.22. The summed E-state index contributed by atoms with van der Waals surface area (Å²) in [7, 11) is 0. The first-order valence-electron chi connectivity index (χ1n) is 6.82. The number of aliphatic carboxylic acids is 1. The molecule has 2 heterocycles. The summed E-state index contributed by atoms with van der Waals surface area (Å²) in [6.07, 6.45) is 4.01. The number of fused-ring (bicyclic) bond motifs is 3. The van der Waals surface area contributed by atoms with Crippen LogP contribution in [-0.4, -0.2) is 21.0 Å². The second-order valence-corrected chi connectivity index (χ2v) is 5.49. The van der Waals surface area contributed by atoms with Crippen LogP contribution >= 0.6 is 0 Å². The molecule has 2 aromatic heterocycles. The first-order valence-corrected chi connectivity index (χ1v) is 6.82. The van der Waals surface area contributed by atoms with Gasteiger partial charge in [0.2, 0.25) is 0 Å². The van der Waals surface area contributed by atoms with E-state index in [4.69, 9.17) is 0 Å². The molecule has 0 atom stereocenters. The van der Waals surface area contributed by atoms with Crippen molar-refractivity contribution in [3.8, 4) is 0 Å². The largest absolute Gasteiger partial charge is 0.481 e. The highest BCUT2D eigenvalue weighted by Crippen LogP contribution is 2.45. The van der Waals surface area contributed by atoms with Crippen molar-refractivity contribution in [2.75, 3.05) is 0 Å².